The van der Waals surface area contributed by atoms with Crippen molar-refractivity contribution in [1.82, 2.24) is 24.6 Å². The Bertz CT molecular complexity index is 649. The summed E-state index contributed by atoms with van der Waals surface area (Å²) < 4.78 is 1.86. The number of anilines is 1. The molecule has 1 atom stereocenters. The lowest BCUT2D eigenvalue weighted by molar-refractivity contribution is 0.337. The summed E-state index contributed by atoms with van der Waals surface area (Å²) in [7, 11) is 4.15. The molecule has 3 heterocycles. The lowest BCUT2D eigenvalue weighted by Gasteiger charge is -2.29. The van der Waals surface area contributed by atoms with Crippen molar-refractivity contribution >= 4 is 16.9 Å². The SMILES string of the molecule is CCCc1nc(N2CCCN(C)C[C@H]2C)c2cnn(C)c2n1. The van der Waals surface area contributed by atoms with Crippen LogP contribution in [-0.2, 0) is 13.5 Å². The first-order valence-electron chi connectivity index (χ1n) is 8.24. The molecule has 1 fully saturated rings. The Morgan fingerprint density at radius 2 is 2.05 bits per heavy atom. The molecule has 0 bridgehead atoms. The van der Waals surface area contributed by atoms with Gasteiger partial charge in [0.05, 0.1) is 11.6 Å². The van der Waals surface area contributed by atoms with Gasteiger partial charge in [-0.1, -0.05) is 6.92 Å². The topological polar surface area (TPSA) is 50.1 Å². The molecule has 0 spiro atoms. The summed E-state index contributed by atoms with van der Waals surface area (Å²) in [5.74, 6) is 1.99. The van der Waals surface area contributed by atoms with Crippen LogP contribution in [0.1, 0.15) is 32.5 Å². The molecule has 0 unspecified atom stereocenters. The van der Waals surface area contributed by atoms with E-state index in [4.69, 9.17) is 9.97 Å². The molecule has 22 heavy (non-hydrogen) atoms. The van der Waals surface area contributed by atoms with E-state index in [1.54, 1.807) is 0 Å². The maximum absolute atomic E-state index is 4.89. The van der Waals surface area contributed by atoms with Crippen molar-refractivity contribution in [2.45, 2.75) is 39.2 Å². The third-order valence-electron chi connectivity index (χ3n) is 4.41. The van der Waals surface area contributed by atoms with E-state index in [9.17, 15) is 0 Å². The highest BCUT2D eigenvalue weighted by atomic mass is 15.3. The number of hydrogen-bond acceptors (Lipinski definition) is 5. The van der Waals surface area contributed by atoms with E-state index < -0.39 is 0 Å². The van der Waals surface area contributed by atoms with E-state index in [1.807, 2.05) is 17.9 Å². The first-order valence-corrected chi connectivity index (χ1v) is 8.24. The standard InChI is InChI=1S/C16H26N6/c1-5-7-14-18-15-13(10-17-21(15)4)16(19-14)22-9-6-8-20(3)11-12(22)2/h10,12H,5-9,11H2,1-4H3/t12-/m1/s1. The molecule has 1 saturated heterocycles. The normalized spacial score (nSPS) is 20.5. The van der Waals surface area contributed by atoms with Crippen LogP contribution < -0.4 is 4.90 Å². The maximum atomic E-state index is 4.89. The Morgan fingerprint density at radius 3 is 2.82 bits per heavy atom. The minimum absolute atomic E-state index is 0.445. The first kappa shape index (κ1) is 15.2. The number of nitrogens with zero attached hydrogens (tertiary/aromatic N) is 6. The summed E-state index contributed by atoms with van der Waals surface area (Å²) in [6.45, 7) is 7.70. The number of rotatable bonds is 3. The smallest absolute Gasteiger partial charge is 0.163 e. The number of likely N-dealkylation sites (N-methyl/N-ethyl adjacent to an activating group) is 1. The molecule has 0 N–H and O–H groups in total. The summed E-state index contributed by atoms with van der Waals surface area (Å²) in [5, 5.41) is 5.46. The fourth-order valence-electron chi connectivity index (χ4n) is 3.29. The van der Waals surface area contributed by atoms with Crippen LogP contribution in [0.3, 0.4) is 0 Å². The van der Waals surface area contributed by atoms with Gasteiger partial charge in [0.15, 0.2) is 5.65 Å². The zero-order chi connectivity index (χ0) is 15.7. The molecule has 3 rings (SSSR count). The van der Waals surface area contributed by atoms with Crippen molar-refractivity contribution in [1.29, 1.82) is 0 Å². The van der Waals surface area contributed by atoms with Gasteiger partial charge in [0, 0.05) is 32.6 Å². The molecule has 0 amide bonds. The fourth-order valence-corrected chi connectivity index (χ4v) is 3.29. The zero-order valence-electron chi connectivity index (χ0n) is 14.1. The van der Waals surface area contributed by atoms with Gasteiger partial charge >= 0.3 is 0 Å². The number of aryl methyl sites for hydroxylation is 2. The molecule has 0 saturated carbocycles. The second-order valence-corrected chi connectivity index (χ2v) is 6.38. The number of fused-ring (bicyclic) bond motifs is 1. The van der Waals surface area contributed by atoms with Crippen LogP contribution >= 0.6 is 0 Å². The summed E-state index contributed by atoms with van der Waals surface area (Å²) in [4.78, 5) is 14.4. The average molecular weight is 302 g/mol. The highest BCUT2D eigenvalue weighted by Crippen LogP contribution is 2.27. The minimum Gasteiger partial charge on any atom is -0.352 e. The van der Waals surface area contributed by atoms with Gasteiger partial charge in [-0.15, -0.1) is 0 Å². The van der Waals surface area contributed by atoms with E-state index in [-0.39, 0.29) is 0 Å². The van der Waals surface area contributed by atoms with Crippen molar-refractivity contribution in [3.63, 3.8) is 0 Å². The van der Waals surface area contributed by atoms with Crippen molar-refractivity contribution < 1.29 is 0 Å². The van der Waals surface area contributed by atoms with Gasteiger partial charge in [-0.05, 0) is 33.4 Å². The molecule has 0 radical (unpaired) electrons. The molecule has 2 aromatic heterocycles. The van der Waals surface area contributed by atoms with Crippen molar-refractivity contribution in [2.24, 2.45) is 7.05 Å². The molecular weight excluding hydrogens is 276 g/mol. The predicted octanol–water partition coefficient (Wildman–Crippen LogP) is 1.85. The van der Waals surface area contributed by atoms with E-state index in [0.717, 1.165) is 61.6 Å². The summed E-state index contributed by atoms with van der Waals surface area (Å²) in [5.41, 5.74) is 0.943. The second-order valence-electron chi connectivity index (χ2n) is 6.38. The Morgan fingerprint density at radius 1 is 1.23 bits per heavy atom. The third-order valence-corrected chi connectivity index (χ3v) is 4.41. The van der Waals surface area contributed by atoms with Gasteiger partial charge in [-0.2, -0.15) is 5.10 Å². The Kier molecular flexibility index (Phi) is 4.29. The van der Waals surface area contributed by atoms with Crippen molar-refractivity contribution in [2.75, 3.05) is 31.6 Å². The largest absolute Gasteiger partial charge is 0.352 e. The molecule has 6 nitrogen and oxygen atoms in total. The summed E-state index contributed by atoms with van der Waals surface area (Å²) in [6, 6.07) is 0.445. The number of aromatic nitrogens is 4. The highest BCUT2D eigenvalue weighted by molar-refractivity contribution is 5.87. The predicted molar refractivity (Wildman–Crippen MR) is 89.2 cm³/mol. The highest BCUT2D eigenvalue weighted by Gasteiger charge is 2.24. The van der Waals surface area contributed by atoms with Crippen LogP contribution in [0.25, 0.3) is 11.0 Å². The zero-order valence-corrected chi connectivity index (χ0v) is 14.1. The van der Waals surface area contributed by atoms with Gasteiger partial charge in [0.2, 0.25) is 0 Å². The molecule has 2 aromatic rings. The third kappa shape index (κ3) is 2.79. The van der Waals surface area contributed by atoms with Crippen molar-refractivity contribution in [3.8, 4) is 0 Å². The van der Waals surface area contributed by atoms with Crippen LogP contribution in [0, 0.1) is 0 Å². The quantitative estimate of drug-likeness (QED) is 0.866. The summed E-state index contributed by atoms with van der Waals surface area (Å²) in [6.07, 6.45) is 5.04. The van der Waals surface area contributed by atoms with Gasteiger partial charge in [0.25, 0.3) is 0 Å². The van der Waals surface area contributed by atoms with Crippen LogP contribution in [0.5, 0.6) is 0 Å². The van der Waals surface area contributed by atoms with E-state index in [2.05, 4.69) is 35.8 Å². The maximum Gasteiger partial charge on any atom is 0.163 e. The van der Waals surface area contributed by atoms with Gasteiger partial charge in [-0.25, -0.2) is 9.97 Å². The minimum atomic E-state index is 0.445. The van der Waals surface area contributed by atoms with E-state index >= 15 is 0 Å². The lowest BCUT2D eigenvalue weighted by atomic mass is 10.2. The molecule has 120 valence electrons. The molecule has 6 heteroatoms. The Labute approximate surface area is 132 Å². The average Bonchev–Trinajstić information content (AvgIpc) is 2.75. The van der Waals surface area contributed by atoms with Crippen molar-refractivity contribution in [3.05, 3.63) is 12.0 Å². The van der Waals surface area contributed by atoms with Crippen LogP contribution in [0.2, 0.25) is 0 Å². The monoisotopic (exact) mass is 302 g/mol. The van der Waals surface area contributed by atoms with Gasteiger partial charge < -0.3 is 9.80 Å². The first-order chi connectivity index (χ1) is 10.6. The van der Waals surface area contributed by atoms with E-state index in [0.29, 0.717) is 6.04 Å². The van der Waals surface area contributed by atoms with Crippen LogP contribution in [0.15, 0.2) is 6.20 Å². The molecule has 1 aliphatic rings. The van der Waals surface area contributed by atoms with Crippen LogP contribution in [0.4, 0.5) is 5.82 Å². The second kappa shape index (κ2) is 6.20. The van der Waals surface area contributed by atoms with E-state index in [1.165, 1.54) is 0 Å². The van der Waals surface area contributed by atoms with Gasteiger partial charge in [-0.3, -0.25) is 4.68 Å². The summed E-state index contributed by atoms with van der Waals surface area (Å²) >= 11 is 0. The fraction of sp³-hybridized carbons (Fsp3) is 0.688. The van der Waals surface area contributed by atoms with Gasteiger partial charge in [0.1, 0.15) is 11.6 Å². The molecule has 0 aromatic carbocycles. The number of hydrogen-bond donors (Lipinski definition) is 0. The molecule has 1 aliphatic heterocycles. The lowest BCUT2D eigenvalue weighted by Crippen LogP contribution is -2.38. The molecular formula is C16H26N6. The Hall–Kier alpha value is -1.69. The Balaban J connectivity index is 2.07. The van der Waals surface area contributed by atoms with Crippen LogP contribution in [-0.4, -0.2) is 57.4 Å². The molecule has 0 aliphatic carbocycles.